The van der Waals surface area contributed by atoms with Crippen molar-refractivity contribution in [2.45, 2.75) is 119 Å². The molecular formula is C37H51NO11. The number of aliphatic hydroxyl groups excluding tert-OH is 3. The molecular weight excluding hydrogens is 634 g/mol. The van der Waals surface area contributed by atoms with Gasteiger partial charge >= 0.3 is 11.9 Å². The normalized spacial score (nSPS) is 35.0. The topological polar surface area (TPSA) is 188 Å². The fraction of sp³-hybridized carbons (Fsp3) is 0.676. The number of carbonyl (C=O) groups is 2. The number of methoxy groups -OCH3 is 1. The maximum atomic E-state index is 12.5. The summed E-state index contributed by atoms with van der Waals surface area (Å²) in [5.74, 6) is -1.88. The number of H-pyrrole nitrogens is 1. The van der Waals surface area contributed by atoms with Gasteiger partial charge in [0.15, 0.2) is 11.9 Å². The zero-order valence-corrected chi connectivity index (χ0v) is 28.4. The minimum Gasteiger partial charge on any atom is -0.481 e. The van der Waals surface area contributed by atoms with Gasteiger partial charge in [-0.3, -0.25) is 4.79 Å². The zero-order valence-electron chi connectivity index (χ0n) is 28.4. The Balaban J connectivity index is 1.37. The molecule has 3 heterocycles. The lowest BCUT2D eigenvalue weighted by atomic mass is 9.63. The number of esters is 1. The molecule has 9 unspecified atom stereocenters. The summed E-state index contributed by atoms with van der Waals surface area (Å²) in [6.45, 7) is 5.51. The molecule has 12 heteroatoms. The van der Waals surface area contributed by atoms with Crippen LogP contribution in [0.4, 0.5) is 0 Å². The van der Waals surface area contributed by atoms with Crippen LogP contribution in [0.2, 0.25) is 0 Å². The molecule has 1 aromatic heterocycles. The number of aliphatic carboxylic acids is 1. The van der Waals surface area contributed by atoms with Crippen LogP contribution in [0.15, 0.2) is 30.4 Å². The van der Waals surface area contributed by atoms with Crippen molar-refractivity contribution in [3.8, 4) is 0 Å². The van der Waals surface area contributed by atoms with E-state index in [1.165, 1.54) is 45.3 Å². The van der Waals surface area contributed by atoms with Gasteiger partial charge in [0, 0.05) is 41.3 Å². The summed E-state index contributed by atoms with van der Waals surface area (Å²) in [5.41, 5.74) is -1.58. The molecule has 0 aromatic carbocycles. The van der Waals surface area contributed by atoms with Crippen LogP contribution in [0.1, 0.15) is 89.2 Å². The Bertz CT molecular complexity index is 1580. The maximum absolute atomic E-state index is 12.5. The number of fused-ring (bicyclic) bond motifs is 2. The summed E-state index contributed by atoms with van der Waals surface area (Å²) in [5, 5.41) is 56.4. The summed E-state index contributed by atoms with van der Waals surface area (Å²) in [6, 6.07) is 2.13. The third-order valence-corrected chi connectivity index (χ3v) is 11.9. The molecule has 1 saturated heterocycles. The number of nitrogens with one attached hydrogen (secondary N) is 1. The summed E-state index contributed by atoms with van der Waals surface area (Å²) in [7, 11) is 1.23. The van der Waals surface area contributed by atoms with Gasteiger partial charge in [0.2, 0.25) is 0 Å². The average molecular weight is 686 g/mol. The minimum absolute atomic E-state index is 0.0643. The van der Waals surface area contributed by atoms with Crippen molar-refractivity contribution in [2.75, 3.05) is 20.3 Å². The quantitative estimate of drug-likeness (QED) is 0.139. The van der Waals surface area contributed by atoms with Crippen LogP contribution in [0.5, 0.6) is 0 Å². The van der Waals surface area contributed by atoms with Crippen molar-refractivity contribution in [3.63, 3.8) is 0 Å². The van der Waals surface area contributed by atoms with Gasteiger partial charge < -0.3 is 49.5 Å². The van der Waals surface area contributed by atoms with Gasteiger partial charge in [0.05, 0.1) is 31.6 Å². The van der Waals surface area contributed by atoms with Gasteiger partial charge in [-0.1, -0.05) is 38.3 Å². The number of carboxylic acid groups (broad SMARTS) is 1. The van der Waals surface area contributed by atoms with E-state index in [4.69, 9.17) is 18.9 Å². The molecule has 3 aliphatic carbocycles. The number of hydrogen-bond donors (Lipinski definition) is 6. The van der Waals surface area contributed by atoms with Crippen LogP contribution in [0.3, 0.4) is 0 Å². The zero-order chi connectivity index (χ0) is 35.1. The minimum atomic E-state index is -1.97. The SMILES string of the molecule is C=CC1C(OC2OC(CO)C34OC(CCCO)=c5[nH]c(C(C)C6CCCCC6)cc5=C3CCC2(O)C4O)CC=C(C(=O)OC)C1CC(=O)O. The van der Waals surface area contributed by atoms with E-state index in [1.807, 2.05) is 0 Å². The molecule has 0 amide bonds. The molecule has 270 valence electrons. The Hall–Kier alpha value is -3.00. The smallest absolute Gasteiger partial charge is 0.333 e. The molecule has 2 saturated carbocycles. The molecule has 49 heavy (non-hydrogen) atoms. The van der Waals surface area contributed by atoms with Crippen molar-refractivity contribution < 1.29 is 54.1 Å². The molecule has 6 N–H and O–H groups in total. The average Bonchev–Trinajstić information content (AvgIpc) is 3.55. The second-order valence-corrected chi connectivity index (χ2v) is 14.4. The fourth-order valence-corrected chi connectivity index (χ4v) is 9.20. The monoisotopic (exact) mass is 685 g/mol. The first-order valence-corrected chi connectivity index (χ1v) is 17.7. The lowest BCUT2D eigenvalue weighted by Crippen LogP contribution is -2.78. The molecule has 1 aromatic rings. The Kier molecular flexibility index (Phi) is 10.5. The van der Waals surface area contributed by atoms with Crippen LogP contribution in [-0.4, -0.2) is 98.6 Å². The summed E-state index contributed by atoms with van der Waals surface area (Å²) < 4.78 is 24.5. The summed E-state index contributed by atoms with van der Waals surface area (Å²) >= 11 is 0. The van der Waals surface area contributed by atoms with Crippen LogP contribution in [0, 0.1) is 17.8 Å². The van der Waals surface area contributed by atoms with Gasteiger partial charge in [-0.2, -0.15) is 0 Å². The second-order valence-electron chi connectivity index (χ2n) is 14.4. The number of aliphatic hydroxyl groups is 4. The molecule has 0 radical (unpaired) electrons. The number of aromatic nitrogens is 1. The van der Waals surface area contributed by atoms with Gasteiger partial charge in [-0.05, 0) is 62.0 Å². The number of aromatic amines is 1. The van der Waals surface area contributed by atoms with Crippen LogP contribution < -0.4 is 10.6 Å². The molecule has 2 bridgehead atoms. The van der Waals surface area contributed by atoms with Crippen molar-refractivity contribution in [3.05, 3.63) is 46.6 Å². The summed E-state index contributed by atoms with van der Waals surface area (Å²) in [4.78, 5) is 28.0. The highest BCUT2D eigenvalue weighted by Crippen LogP contribution is 2.54. The van der Waals surface area contributed by atoms with Crippen molar-refractivity contribution in [1.29, 1.82) is 0 Å². The van der Waals surface area contributed by atoms with Gasteiger partial charge in [0.25, 0.3) is 0 Å². The summed E-state index contributed by atoms with van der Waals surface area (Å²) in [6.07, 6.45) is 5.18. The van der Waals surface area contributed by atoms with Gasteiger partial charge in [0.1, 0.15) is 23.6 Å². The second kappa shape index (κ2) is 14.3. The van der Waals surface area contributed by atoms with E-state index in [9.17, 15) is 35.1 Å². The number of carbonyl (C=O) groups excluding carboxylic acids is 1. The number of rotatable bonds is 12. The standard InChI is InChI=1S/C37H51NO11/c1-4-22-24(18-31(41)42)23(33(43)46-3)12-13-28(22)47-35-36(45)15-14-26-25-17-27(20(2)21-9-6-5-7-10-21)38-32(25)29(11-8-16-39)49-37(26,34(36)44)30(19-40)48-35/h4,12,17,20-22,24,28,30,34-35,38-40,44-45H,1,5-11,13-16,18-19H2,2-3H3,(H,41,42). The van der Waals surface area contributed by atoms with E-state index in [0.717, 1.165) is 21.8 Å². The van der Waals surface area contributed by atoms with E-state index in [2.05, 4.69) is 24.6 Å². The lowest BCUT2D eigenvalue weighted by Gasteiger charge is -2.60. The van der Waals surface area contributed by atoms with Crippen molar-refractivity contribution in [2.24, 2.45) is 17.8 Å². The Morgan fingerprint density at radius 1 is 1.22 bits per heavy atom. The van der Waals surface area contributed by atoms with E-state index < -0.39 is 66.2 Å². The van der Waals surface area contributed by atoms with Crippen LogP contribution >= 0.6 is 0 Å². The largest absolute Gasteiger partial charge is 0.481 e. The van der Waals surface area contributed by atoms with Gasteiger partial charge in [-0.15, -0.1) is 6.58 Å². The number of hydrogen-bond acceptors (Lipinski definition) is 10. The highest BCUT2D eigenvalue weighted by Gasteiger charge is 2.70. The third-order valence-electron chi connectivity index (χ3n) is 11.9. The van der Waals surface area contributed by atoms with Crippen LogP contribution in [0.25, 0.3) is 11.3 Å². The first kappa shape index (κ1) is 35.8. The fourth-order valence-electron chi connectivity index (χ4n) is 9.20. The molecule has 2 aliphatic heterocycles. The molecule has 3 fully saturated rings. The first-order valence-electron chi connectivity index (χ1n) is 17.7. The van der Waals surface area contributed by atoms with E-state index in [0.29, 0.717) is 30.9 Å². The Morgan fingerprint density at radius 3 is 2.63 bits per heavy atom. The molecule has 1 spiro atoms. The van der Waals surface area contributed by atoms with E-state index in [-0.39, 0.29) is 37.4 Å². The molecule has 6 rings (SSSR count). The maximum Gasteiger partial charge on any atom is 0.333 e. The number of ether oxygens (including phenoxy) is 4. The Morgan fingerprint density at radius 2 is 1.98 bits per heavy atom. The predicted octanol–water partition coefficient (Wildman–Crippen LogP) is 1.88. The molecule has 12 nitrogen and oxygen atoms in total. The lowest BCUT2D eigenvalue weighted by molar-refractivity contribution is -0.372. The van der Waals surface area contributed by atoms with Crippen molar-refractivity contribution in [1.82, 2.24) is 4.98 Å². The highest BCUT2D eigenvalue weighted by atomic mass is 16.7. The third kappa shape index (κ3) is 6.08. The molecule has 9 atom stereocenters. The molecule has 5 aliphatic rings. The predicted molar refractivity (Wildman–Crippen MR) is 177 cm³/mol. The highest BCUT2D eigenvalue weighted by molar-refractivity contribution is 5.90. The van der Waals surface area contributed by atoms with Crippen LogP contribution in [-0.2, 0) is 28.5 Å². The van der Waals surface area contributed by atoms with Crippen molar-refractivity contribution >= 4 is 23.3 Å². The first-order chi connectivity index (χ1) is 23.5. The van der Waals surface area contributed by atoms with Gasteiger partial charge in [-0.25, -0.2) is 4.79 Å². The van der Waals surface area contributed by atoms with E-state index in [1.54, 1.807) is 6.08 Å². The Labute approximate surface area is 286 Å². The number of carboxylic acids is 1. The van der Waals surface area contributed by atoms with E-state index >= 15 is 0 Å².